The summed E-state index contributed by atoms with van der Waals surface area (Å²) >= 11 is 0. The summed E-state index contributed by atoms with van der Waals surface area (Å²) in [5.74, 6) is 0.991. The lowest BCUT2D eigenvalue weighted by atomic mass is 10.1. The normalized spacial score (nSPS) is 10.4. The van der Waals surface area contributed by atoms with Crippen LogP contribution in [0.2, 0.25) is 0 Å². The molecule has 1 rings (SSSR count). The molecule has 18 heavy (non-hydrogen) atoms. The van der Waals surface area contributed by atoms with Crippen molar-refractivity contribution < 1.29 is 4.74 Å². The molecule has 0 bridgehead atoms. The van der Waals surface area contributed by atoms with Gasteiger partial charge >= 0.3 is 0 Å². The molecule has 0 radical (unpaired) electrons. The second-order valence-corrected chi connectivity index (χ2v) is 4.85. The molecule has 2 heteroatoms. The lowest BCUT2D eigenvalue weighted by Crippen LogP contribution is -2.25. The maximum atomic E-state index is 5.42. The highest BCUT2D eigenvalue weighted by Crippen LogP contribution is 2.25. The summed E-state index contributed by atoms with van der Waals surface area (Å²) < 4.78 is 5.42. The van der Waals surface area contributed by atoms with Gasteiger partial charge in [0.2, 0.25) is 0 Å². The number of nitrogens with zero attached hydrogens (tertiary/aromatic N) is 1. The van der Waals surface area contributed by atoms with Crippen molar-refractivity contribution in [2.24, 2.45) is 0 Å². The zero-order valence-corrected chi connectivity index (χ0v) is 12.3. The van der Waals surface area contributed by atoms with Crippen molar-refractivity contribution in [2.45, 2.75) is 46.5 Å². The minimum absolute atomic E-state index is 0.991. The zero-order valence-electron chi connectivity index (χ0n) is 12.3. The molecule has 0 aliphatic carbocycles. The Morgan fingerprint density at radius 2 is 1.67 bits per heavy atom. The van der Waals surface area contributed by atoms with Crippen LogP contribution in [-0.4, -0.2) is 20.2 Å². The first-order chi connectivity index (χ1) is 8.72. The van der Waals surface area contributed by atoms with Crippen LogP contribution >= 0.6 is 0 Å². The van der Waals surface area contributed by atoms with Crippen molar-refractivity contribution in [3.63, 3.8) is 0 Å². The first kappa shape index (κ1) is 14.9. The van der Waals surface area contributed by atoms with E-state index >= 15 is 0 Å². The maximum absolute atomic E-state index is 5.42. The van der Waals surface area contributed by atoms with Gasteiger partial charge in [-0.15, -0.1) is 0 Å². The number of ether oxygens (including phenoxy) is 1. The van der Waals surface area contributed by atoms with Gasteiger partial charge in [0.15, 0.2) is 0 Å². The van der Waals surface area contributed by atoms with Gasteiger partial charge in [-0.3, -0.25) is 0 Å². The molecule has 0 saturated carbocycles. The van der Waals surface area contributed by atoms with Crippen molar-refractivity contribution in [1.82, 2.24) is 0 Å². The minimum Gasteiger partial charge on any atom is -0.496 e. The van der Waals surface area contributed by atoms with E-state index in [9.17, 15) is 0 Å². The Bertz CT molecular complexity index is 341. The van der Waals surface area contributed by atoms with Crippen molar-refractivity contribution in [1.29, 1.82) is 0 Å². The molecule has 0 N–H and O–H groups in total. The van der Waals surface area contributed by atoms with Gasteiger partial charge in [0.1, 0.15) is 5.75 Å². The van der Waals surface area contributed by atoms with Crippen molar-refractivity contribution in [2.75, 3.05) is 25.1 Å². The molecule has 0 atom stereocenters. The van der Waals surface area contributed by atoms with Crippen LogP contribution in [0.5, 0.6) is 5.75 Å². The third kappa shape index (κ3) is 4.25. The highest BCUT2D eigenvalue weighted by Gasteiger charge is 2.08. The summed E-state index contributed by atoms with van der Waals surface area (Å²) in [4.78, 5) is 2.48. The zero-order chi connectivity index (χ0) is 13.4. The van der Waals surface area contributed by atoms with Gasteiger partial charge in [-0.2, -0.15) is 0 Å². The number of hydrogen-bond acceptors (Lipinski definition) is 2. The summed E-state index contributed by atoms with van der Waals surface area (Å²) in [7, 11) is 1.74. The molecule has 0 aliphatic heterocycles. The van der Waals surface area contributed by atoms with E-state index in [1.807, 2.05) is 0 Å². The van der Waals surface area contributed by atoms with E-state index < -0.39 is 0 Å². The van der Waals surface area contributed by atoms with Crippen molar-refractivity contribution >= 4 is 5.69 Å². The van der Waals surface area contributed by atoms with Gasteiger partial charge in [-0.05, 0) is 31.4 Å². The second kappa shape index (κ2) is 8.02. The molecule has 0 saturated heterocycles. The SMILES string of the molecule is CCCCN(CCCC)c1ccc(C)c(OC)c1. The van der Waals surface area contributed by atoms with E-state index in [0.717, 1.165) is 18.8 Å². The molecule has 0 spiro atoms. The van der Waals surface area contributed by atoms with Crippen molar-refractivity contribution in [3.05, 3.63) is 23.8 Å². The number of benzene rings is 1. The molecule has 1 aromatic carbocycles. The number of anilines is 1. The fourth-order valence-electron chi connectivity index (χ4n) is 2.07. The average Bonchev–Trinajstić information content (AvgIpc) is 2.40. The standard InChI is InChI=1S/C16H27NO/c1-5-7-11-17(12-8-6-2)15-10-9-14(3)16(13-15)18-4/h9-10,13H,5-8,11-12H2,1-4H3. The molecule has 102 valence electrons. The third-order valence-electron chi connectivity index (χ3n) is 3.32. The monoisotopic (exact) mass is 249 g/mol. The van der Waals surface area contributed by atoms with Crippen LogP contribution in [-0.2, 0) is 0 Å². The van der Waals surface area contributed by atoms with Crippen LogP contribution in [0.3, 0.4) is 0 Å². The van der Waals surface area contributed by atoms with Crippen LogP contribution in [0.4, 0.5) is 5.69 Å². The molecular formula is C16H27NO. The second-order valence-electron chi connectivity index (χ2n) is 4.85. The van der Waals surface area contributed by atoms with E-state index in [1.165, 1.54) is 36.9 Å². The van der Waals surface area contributed by atoms with E-state index in [-0.39, 0.29) is 0 Å². The van der Waals surface area contributed by atoms with Gasteiger partial charge in [-0.25, -0.2) is 0 Å². The smallest absolute Gasteiger partial charge is 0.123 e. The maximum Gasteiger partial charge on any atom is 0.123 e. The molecule has 2 nitrogen and oxygen atoms in total. The largest absolute Gasteiger partial charge is 0.496 e. The summed E-state index contributed by atoms with van der Waals surface area (Å²) in [6.45, 7) is 8.86. The Labute approximate surface area is 112 Å². The predicted molar refractivity (Wildman–Crippen MR) is 79.8 cm³/mol. The van der Waals surface area contributed by atoms with Gasteiger partial charge in [-0.1, -0.05) is 32.8 Å². The van der Waals surface area contributed by atoms with Crippen LogP contribution < -0.4 is 9.64 Å². The molecule has 0 unspecified atom stereocenters. The molecule has 1 aromatic rings. The first-order valence-electron chi connectivity index (χ1n) is 7.12. The molecule has 0 fully saturated rings. The lowest BCUT2D eigenvalue weighted by Gasteiger charge is -2.25. The van der Waals surface area contributed by atoms with Gasteiger partial charge in [0, 0.05) is 24.8 Å². The summed E-state index contributed by atoms with van der Waals surface area (Å²) in [5, 5.41) is 0. The molecule has 0 amide bonds. The summed E-state index contributed by atoms with van der Waals surface area (Å²) in [5.41, 5.74) is 2.49. The first-order valence-corrected chi connectivity index (χ1v) is 7.12. The summed E-state index contributed by atoms with van der Waals surface area (Å²) in [6, 6.07) is 6.53. The fourth-order valence-corrected chi connectivity index (χ4v) is 2.07. The fraction of sp³-hybridized carbons (Fsp3) is 0.625. The number of aryl methyl sites for hydroxylation is 1. The Hall–Kier alpha value is -1.18. The quantitative estimate of drug-likeness (QED) is 0.676. The Morgan fingerprint density at radius 3 is 2.17 bits per heavy atom. The van der Waals surface area contributed by atoms with E-state index in [1.54, 1.807) is 7.11 Å². The predicted octanol–water partition coefficient (Wildman–Crippen LogP) is 4.41. The number of rotatable bonds is 8. The van der Waals surface area contributed by atoms with Crippen LogP contribution in [0.1, 0.15) is 45.1 Å². The topological polar surface area (TPSA) is 12.5 Å². The number of methoxy groups -OCH3 is 1. The number of hydrogen-bond donors (Lipinski definition) is 0. The van der Waals surface area contributed by atoms with E-state index in [4.69, 9.17) is 4.74 Å². The van der Waals surface area contributed by atoms with Crippen molar-refractivity contribution in [3.8, 4) is 5.75 Å². The molecule has 0 aromatic heterocycles. The van der Waals surface area contributed by atoms with Gasteiger partial charge in [0.25, 0.3) is 0 Å². The van der Waals surface area contributed by atoms with Gasteiger partial charge < -0.3 is 9.64 Å². The van der Waals surface area contributed by atoms with E-state index in [2.05, 4.69) is 43.9 Å². The number of unbranched alkanes of at least 4 members (excludes halogenated alkanes) is 2. The van der Waals surface area contributed by atoms with Gasteiger partial charge in [0.05, 0.1) is 7.11 Å². The Kier molecular flexibility index (Phi) is 6.63. The van der Waals surface area contributed by atoms with Crippen LogP contribution in [0, 0.1) is 6.92 Å². The van der Waals surface area contributed by atoms with Crippen LogP contribution in [0.25, 0.3) is 0 Å². The lowest BCUT2D eigenvalue weighted by molar-refractivity contribution is 0.411. The molecule has 0 aliphatic rings. The Morgan fingerprint density at radius 1 is 1.06 bits per heavy atom. The van der Waals surface area contributed by atoms with E-state index in [0.29, 0.717) is 0 Å². The molecule has 0 heterocycles. The minimum atomic E-state index is 0.991. The highest BCUT2D eigenvalue weighted by atomic mass is 16.5. The third-order valence-corrected chi connectivity index (χ3v) is 3.32. The molecular weight excluding hydrogens is 222 g/mol. The van der Waals surface area contributed by atoms with Crippen LogP contribution in [0.15, 0.2) is 18.2 Å². The Balaban J connectivity index is 2.82. The summed E-state index contributed by atoms with van der Waals surface area (Å²) in [6.07, 6.45) is 4.98. The average molecular weight is 249 g/mol. The highest BCUT2D eigenvalue weighted by molar-refractivity contribution is 5.53.